The maximum absolute atomic E-state index is 13.0. The smallest absolute Gasteiger partial charge is 0.274 e. The Labute approximate surface area is 176 Å². The van der Waals surface area contributed by atoms with Crippen LogP contribution in [0.1, 0.15) is 35.1 Å². The predicted octanol–water partition coefficient (Wildman–Crippen LogP) is 3.99. The third-order valence-corrected chi connectivity index (χ3v) is 6.07. The quantitative estimate of drug-likeness (QED) is 0.629. The van der Waals surface area contributed by atoms with E-state index in [-0.39, 0.29) is 11.8 Å². The van der Waals surface area contributed by atoms with E-state index in [2.05, 4.69) is 15.3 Å². The molecule has 146 valence electrons. The molecule has 0 radical (unpaired) electrons. The van der Waals surface area contributed by atoms with Gasteiger partial charge in [0.15, 0.2) is 10.5 Å². The summed E-state index contributed by atoms with van der Waals surface area (Å²) in [5, 5.41) is 12.5. The zero-order valence-corrected chi connectivity index (χ0v) is 17.4. The van der Waals surface area contributed by atoms with Gasteiger partial charge in [-0.1, -0.05) is 23.2 Å². The molecule has 7 nitrogen and oxygen atoms in total. The Balaban J connectivity index is 1.53. The minimum absolute atomic E-state index is 0.0969. The number of likely N-dealkylation sites (tertiary alicyclic amines) is 1. The summed E-state index contributed by atoms with van der Waals surface area (Å²) in [7, 11) is 1.89. The summed E-state index contributed by atoms with van der Waals surface area (Å²) in [4.78, 5) is 14.8. The molecule has 2 aromatic heterocycles. The van der Waals surface area contributed by atoms with Crippen LogP contribution in [0, 0.1) is 4.77 Å². The molecule has 3 aromatic rings. The Morgan fingerprint density at radius 2 is 2.11 bits per heavy atom. The number of hydrogen-bond acceptors (Lipinski definition) is 4. The number of nitrogens with zero attached hydrogens (tertiary/aromatic N) is 5. The molecule has 1 aliphatic rings. The van der Waals surface area contributed by atoms with Gasteiger partial charge in [-0.25, -0.2) is 4.68 Å². The molecule has 28 heavy (non-hydrogen) atoms. The van der Waals surface area contributed by atoms with Crippen molar-refractivity contribution in [3.05, 3.63) is 56.8 Å². The van der Waals surface area contributed by atoms with E-state index in [1.165, 1.54) is 0 Å². The predicted molar refractivity (Wildman–Crippen MR) is 110 cm³/mol. The number of amides is 1. The molecule has 4 rings (SSSR count). The van der Waals surface area contributed by atoms with E-state index in [1.807, 2.05) is 16.5 Å². The second-order valence-electron chi connectivity index (χ2n) is 6.78. The number of H-pyrrole nitrogens is 1. The summed E-state index contributed by atoms with van der Waals surface area (Å²) in [6.45, 7) is 1.29. The number of benzene rings is 1. The number of carbonyl (C=O) groups excluding carboxylic acids is 1. The number of aromatic amines is 1. The highest BCUT2D eigenvalue weighted by Gasteiger charge is 2.29. The van der Waals surface area contributed by atoms with Crippen LogP contribution in [0.25, 0.3) is 5.69 Å². The van der Waals surface area contributed by atoms with Gasteiger partial charge in [0.25, 0.3) is 5.91 Å². The summed E-state index contributed by atoms with van der Waals surface area (Å²) in [6.07, 6.45) is 3.61. The topological polar surface area (TPSA) is 71.7 Å². The largest absolute Gasteiger partial charge is 0.337 e. The number of hydrogen-bond donors (Lipinski definition) is 1. The molecule has 3 heterocycles. The molecule has 1 aliphatic heterocycles. The molecule has 0 spiro atoms. The Hall–Kier alpha value is -2.16. The van der Waals surface area contributed by atoms with Crippen molar-refractivity contribution in [2.45, 2.75) is 18.8 Å². The van der Waals surface area contributed by atoms with Crippen molar-refractivity contribution in [3.63, 3.8) is 0 Å². The first-order chi connectivity index (χ1) is 13.4. The van der Waals surface area contributed by atoms with Gasteiger partial charge >= 0.3 is 0 Å². The fourth-order valence-electron chi connectivity index (χ4n) is 3.47. The molecule has 1 saturated heterocycles. The van der Waals surface area contributed by atoms with Crippen molar-refractivity contribution < 1.29 is 4.79 Å². The highest BCUT2D eigenvalue weighted by Crippen LogP contribution is 2.27. The van der Waals surface area contributed by atoms with Crippen molar-refractivity contribution >= 4 is 41.3 Å². The van der Waals surface area contributed by atoms with Crippen molar-refractivity contribution in [1.29, 1.82) is 0 Å². The lowest BCUT2D eigenvalue weighted by molar-refractivity contribution is 0.0697. The summed E-state index contributed by atoms with van der Waals surface area (Å²) in [5.74, 6) is 0.928. The van der Waals surface area contributed by atoms with Crippen molar-refractivity contribution in [2.24, 2.45) is 7.05 Å². The van der Waals surface area contributed by atoms with Gasteiger partial charge in [0.05, 0.1) is 15.7 Å². The van der Waals surface area contributed by atoms with Crippen LogP contribution in [-0.2, 0) is 7.05 Å². The lowest BCUT2D eigenvalue weighted by Crippen LogP contribution is -2.40. The van der Waals surface area contributed by atoms with E-state index >= 15 is 0 Å². The average Bonchev–Trinajstić information content (AvgIpc) is 3.31. The molecule has 0 aliphatic carbocycles. The van der Waals surface area contributed by atoms with Gasteiger partial charge in [-0.05, 0) is 49.3 Å². The minimum Gasteiger partial charge on any atom is -0.337 e. The zero-order chi connectivity index (χ0) is 19.8. The molecular formula is C18H18Cl2N6OS. The van der Waals surface area contributed by atoms with Gasteiger partial charge in [-0.2, -0.15) is 10.2 Å². The van der Waals surface area contributed by atoms with E-state index in [0.717, 1.165) is 24.4 Å². The van der Waals surface area contributed by atoms with E-state index in [4.69, 9.17) is 35.4 Å². The number of rotatable bonds is 3. The van der Waals surface area contributed by atoms with Gasteiger partial charge in [-0.15, -0.1) is 0 Å². The molecule has 1 atom stereocenters. The van der Waals surface area contributed by atoms with Crippen LogP contribution in [0.15, 0.2) is 30.5 Å². The monoisotopic (exact) mass is 436 g/mol. The Kier molecular flexibility index (Phi) is 5.27. The van der Waals surface area contributed by atoms with Crippen molar-refractivity contribution in [3.8, 4) is 5.69 Å². The van der Waals surface area contributed by atoms with Gasteiger partial charge in [0.2, 0.25) is 0 Å². The highest BCUT2D eigenvalue weighted by atomic mass is 35.5. The standard InChI is InChI=1S/C18H18Cl2N6OS/c1-24-16(21-22-18(24)28)11-3-2-7-25(10-11)17(27)15-6-8-26(23-15)12-4-5-13(19)14(20)9-12/h4-6,8-9,11H,2-3,7,10H2,1H3,(H,22,28). The maximum atomic E-state index is 13.0. The van der Waals surface area contributed by atoms with Crippen LogP contribution in [0.2, 0.25) is 10.0 Å². The van der Waals surface area contributed by atoms with Gasteiger partial charge < -0.3 is 9.47 Å². The highest BCUT2D eigenvalue weighted by molar-refractivity contribution is 7.71. The van der Waals surface area contributed by atoms with Gasteiger partial charge in [0.1, 0.15) is 5.82 Å². The lowest BCUT2D eigenvalue weighted by Gasteiger charge is -2.31. The van der Waals surface area contributed by atoms with Crippen molar-refractivity contribution in [1.82, 2.24) is 29.4 Å². The lowest BCUT2D eigenvalue weighted by atomic mass is 9.97. The number of carbonyl (C=O) groups is 1. The summed E-state index contributed by atoms with van der Waals surface area (Å²) < 4.78 is 4.07. The molecule has 1 aromatic carbocycles. The van der Waals surface area contributed by atoms with E-state index in [9.17, 15) is 4.79 Å². The summed E-state index contributed by atoms with van der Waals surface area (Å²) in [5.41, 5.74) is 1.13. The normalized spacial score (nSPS) is 17.1. The number of aromatic nitrogens is 5. The molecule has 1 unspecified atom stereocenters. The minimum atomic E-state index is -0.0969. The second-order valence-corrected chi connectivity index (χ2v) is 7.98. The number of nitrogens with one attached hydrogen (secondary N) is 1. The van der Waals surface area contributed by atoms with E-state index in [1.54, 1.807) is 35.1 Å². The fourth-order valence-corrected chi connectivity index (χ4v) is 3.90. The Morgan fingerprint density at radius 1 is 1.29 bits per heavy atom. The average molecular weight is 437 g/mol. The van der Waals surface area contributed by atoms with Crippen molar-refractivity contribution in [2.75, 3.05) is 13.1 Å². The molecule has 0 saturated carbocycles. The summed E-state index contributed by atoms with van der Waals surface area (Å²) >= 11 is 17.2. The SMILES string of the molecule is Cn1c(C2CCCN(C(=O)c3ccn(-c4ccc(Cl)c(Cl)c4)n3)C2)n[nH]c1=S. The zero-order valence-electron chi connectivity index (χ0n) is 15.1. The molecule has 1 N–H and O–H groups in total. The van der Waals surface area contributed by atoms with Gasteiger partial charge in [0, 0.05) is 32.3 Å². The molecule has 10 heteroatoms. The first-order valence-corrected chi connectivity index (χ1v) is 10.0. The van der Waals surface area contributed by atoms with Gasteiger partial charge in [-0.3, -0.25) is 9.89 Å². The molecule has 1 amide bonds. The molecule has 1 fully saturated rings. The van der Waals surface area contributed by atoms with Crippen LogP contribution in [0.5, 0.6) is 0 Å². The van der Waals surface area contributed by atoms with Crippen LogP contribution < -0.4 is 0 Å². The Morgan fingerprint density at radius 3 is 2.82 bits per heavy atom. The first-order valence-electron chi connectivity index (χ1n) is 8.85. The molecular weight excluding hydrogens is 419 g/mol. The van der Waals surface area contributed by atoms with Crippen LogP contribution in [-0.4, -0.2) is 48.4 Å². The fraction of sp³-hybridized carbons (Fsp3) is 0.333. The van der Waals surface area contributed by atoms with E-state index in [0.29, 0.717) is 33.6 Å². The van der Waals surface area contributed by atoms with Crippen LogP contribution >= 0.6 is 35.4 Å². The third-order valence-electron chi connectivity index (χ3n) is 4.96. The number of halogens is 2. The van der Waals surface area contributed by atoms with Crippen LogP contribution in [0.4, 0.5) is 0 Å². The Bertz CT molecular complexity index is 1090. The maximum Gasteiger partial charge on any atom is 0.274 e. The third kappa shape index (κ3) is 3.59. The first kappa shape index (κ1) is 19.2. The van der Waals surface area contributed by atoms with Crippen LogP contribution in [0.3, 0.4) is 0 Å². The summed E-state index contributed by atoms with van der Waals surface area (Å²) in [6, 6.07) is 6.93. The second kappa shape index (κ2) is 7.69. The number of piperidine rings is 1. The van der Waals surface area contributed by atoms with E-state index < -0.39 is 0 Å². The molecule has 0 bridgehead atoms.